The van der Waals surface area contributed by atoms with Crippen molar-refractivity contribution in [2.45, 2.75) is 32.6 Å². The van der Waals surface area contributed by atoms with Crippen molar-refractivity contribution in [2.24, 2.45) is 0 Å². The van der Waals surface area contributed by atoms with Crippen LogP contribution < -0.4 is 10.2 Å². The summed E-state index contributed by atoms with van der Waals surface area (Å²) in [5.74, 6) is -0.0761. The Morgan fingerprint density at radius 2 is 1.96 bits per heavy atom. The molecule has 1 N–H and O–H groups in total. The molecule has 122 valence electrons. The summed E-state index contributed by atoms with van der Waals surface area (Å²) in [6.07, 6.45) is 1.92. The molecule has 0 spiro atoms. The van der Waals surface area contributed by atoms with E-state index in [1.807, 2.05) is 55.1 Å². The highest BCUT2D eigenvalue weighted by molar-refractivity contribution is 6.08. The van der Waals surface area contributed by atoms with Gasteiger partial charge in [0.15, 0.2) is 0 Å². The van der Waals surface area contributed by atoms with Crippen molar-refractivity contribution in [3.63, 3.8) is 0 Å². The molecule has 2 aliphatic rings. The third-order valence-electron chi connectivity index (χ3n) is 4.99. The molecular weight excluding hydrogens is 300 g/mol. The van der Waals surface area contributed by atoms with Gasteiger partial charge in [0.25, 0.3) is 5.91 Å². The summed E-state index contributed by atoms with van der Waals surface area (Å²) in [6.45, 7) is 4.75. The van der Waals surface area contributed by atoms with Gasteiger partial charge in [0.05, 0.1) is 11.6 Å². The number of hydrogen-bond donors (Lipinski definition) is 1. The molecule has 2 aromatic carbocycles. The summed E-state index contributed by atoms with van der Waals surface area (Å²) in [5, 5.41) is 2.99. The second kappa shape index (κ2) is 5.48. The maximum Gasteiger partial charge on any atom is 0.255 e. The van der Waals surface area contributed by atoms with Gasteiger partial charge in [0, 0.05) is 17.8 Å². The molecule has 4 heteroatoms. The van der Waals surface area contributed by atoms with Crippen molar-refractivity contribution in [2.75, 3.05) is 16.8 Å². The number of anilines is 2. The molecule has 1 atom stereocenters. The summed E-state index contributed by atoms with van der Waals surface area (Å²) >= 11 is 0. The summed E-state index contributed by atoms with van der Waals surface area (Å²) in [6, 6.07) is 11.5. The molecule has 2 amide bonds. The standard InChI is InChI=1S/C20H20N2O2/c1-12-5-7-14(8-6-12)19(23)21-16-10-15-4-3-9-22-18(15)17(11-16)13(2)20(22)24/h5-8,10-11,13H,3-4,9H2,1-2H3,(H,21,23)/t13-/m1/s1. The molecule has 2 heterocycles. The van der Waals surface area contributed by atoms with Gasteiger partial charge in [-0.25, -0.2) is 0 Å². The van der Waals surface area contributed by atoms with Crippen LogP contribution in [0.15, 0.2) is 36.4 Å². The number of carbonyl (C=O) groups is 2. The number of aryl methyl sites for hydroxylation is 2. The van der Waals surface area contributed by atoms with Crippen molar-refractivity contribution in [3.8, 4) is 0 Å². The van der Waals surface area contributed by atoms with E-state index in [2.05, 4.69) is 5.32 Å². The number of nitrogens with zero attached hydrogens (tertiary/aromatic N) is 1. The lowest BCUT2D eigenvalue weighted by molar-refractivity contribution is -0.119. The zero-order valence-electron chi connectivity index (χ0n) is 13.9. The number of amides is 2. The van der Waals surface area contributed by atoms with Crippen LogP contribution in [-0.2, 0) is 11.2 Å². The Bertz CT molecular complexity index is 839. The fourth-order valence-corrected chi connectivity index (χ4v) is 3.68. The first-order valence-electron chi connectivity index (χ1n) is 8.41. The van der Waals surface area contributed by atoms with E-state index < -0.39 is 0 Å². The lowest BCUT2D eigenvalue weighted by atomic mass is 9.96. The molecule has 0 aliphatic carbocycles. The van der Waals surface area contributed by atoms with Crippen LogP contribution in [-0.4, -0.2) is 18.4 Å². The molecule has 2 aliphatic heterocycles. The summed E-state index contributed by atoms with van der Waals surface area (Å²) < 4.78 is 0. The Hall–Kier alpha value is -2.62. The maximum atomic E-state index is 12.5. The van der Waals surface area contributed by atoms with E-state index in [4.69, 9.17) is 0 Å². The minimum Gasteiger partial charge on any atom is -0.322 e. The highest BCUT2D eigenvalue weighted by Crippen LogP contribution is 2.44. The van der Waals surface area contributed by atoms with Crippen molar-refractivity contribution in [1.82, 2.24) is 0 Å². The summed E-state index contributed by atoms with van der Waals surface area (Å²) in [7, 11) is 0. The predicted molar refractivity (Wildman–Crippen MR) is 94.7 cm³/mol. The Balaban J connectivity index is 1.67. The highest BCUT2D eigenvalue weighted by atomic mass is 16.2. The van der Waals surface area contributed by atoms with E-state index >= 15 is 0 Å². The van der Waals surface area contributed by atoms with Gasteiger partial charge in [-0.3, -0.25) is 9.59 Å². The third kappa shape index (κ3) is 2.30. The number of carbonyl (C=O) groups excluding carboxylic acids is 2. The van der Waals surface area contributed by atoms with Crippen LogP contribution in [0.25, 0.3) is 0 Å². The van der Waals surface area contributed by atoms with Crippen LogP contribution >= 0.6 is 0 Å². The van der Waals surface area contributed by atoms with E-state index in [-0.39, 0.29) is 17.7 Å². The van der Waals surface area contributed by atoms with Crippen LogP contribution in [0, 0.1) is 6.92 Å². The number of benzene rings is 2. The quantitative estimate of drug-likeness (QED) is 0.918. The topological polar surface area (TPSA) is 49.4 Å². The van der Waals surface area contributed by atoms with Gasteiger partial charge in [-0.2, -0.15) is 0 Å². The van der Waals surface area contributed by atoms with Gasteiger partial charge >= 0.3 is 0 Å². The molecule has 0 unspecified atom stereocenters. The molecule has 24 heavy (non-hydrogen) atoms. The van der Waals surface area contributed by atoms with Crippen molar-refractivity contribution in [1.29, 1.82) is 0 Å². The van der Waals surface area contributed by atoms with Crippen LogP contribution in [0.4, 0.5) is 11.4 Å². The van der Waals surface area contributed by atoms with E-state index in [1.165, 1.54) is 0 Å². The number of hydrogen-bond acceptors (Lipinski definition) is 2. The van der Waals surface area contributed by atoms with Gasteiger partial charge in [0.1, 0.15) is 0 Å². The zero-order valence-corrected chi connectivity index (χ0v) is 13.9. The van der Waals surface area contributed by atoms with E-state index in [9.17, 15) is 9.59 Å². The first-order chi connectivity index (χ1) is 11.5. The van der Waals surface area contributed by atoms with Gasteiger partial charge < -0.3 is 10.2 Å². The molecule has 4 rings (SSSR count). The Morgan fingerprint density at radius 1 is 1.21 bits per heavy atom. The third-order valence-corrected chi connectivity index (χ3v) is 4.99. The molecule has 0 fully saturated rings. The predicted octanol–water partition coefficient (Wildman–Crippen LogP) is 3.64. The molecule has 0 aromatic heterocycles. The zero-order chi connectivity index (χ0) is 16.8. The van der Waals surface area contributed by atoms with Crippen LogP contribution in [0.5, 0.6) is 0 Å². The van der Waals surface area contributed by atoms with Crippen LogP contribution in [0.1, 0.15) is 46.3 Å². The van der Waals surface area contributed by atoms with Crippen molar-refractivity contribution in [3.05, 3.63) is 58.7 Å². The van der Waals surface area contributed by atoms with Crippen LogP contribution in [0.3, 0.4) is 0 Å². The van der Waals surface area contributed by atoms with Crippen LogP contribution in [0.2, 0.25) is 0 Å². The maximum absolute atomic E-state index is 12.5. The molecule has 2 aromatic rings. The average Bonchev–Trinajstić information content (AvgIpc) is 2.82. The second-order valence-electron chi connectivity index (χ2n) is 6.71. The average molecular weight is 320 g/mol. The summed E-state index contributed by atoms with van der Waals surface area (Å²) in [5.41, 5.74) is 5.82. The van der Waals surface area contributed by atoms with E-state index in [1.54, 1.807) is 0 Å². The molecule has 0 radical (unpaired) electrons. The SMILES string of the molecule is Cc1ccc(C(=O)Nc2cc3c4c(c2)[C@@H](C)C(=O)N4CCC3)cc1. The largest absolute Gasteiger partial charge is 0.322 e. The monoisotopic (exact) mass is 320 g/mol. The van der Waals surface area contributed by atoms with Gasteiger partial charge in [0.2, 0.25) is 5.91 Å². The minimum absolute atomic E-state index is 0.119. The van der Waals surface area contributed by atoms with Gasteiger partial charge in [-0.15, -0.1) is 0 Å². The first-order valence-corrected chi connectivity index (χ1v) is 8.41. The fourth-order valence-electron chi connectivity index (χ4n) is 3.68. The first kappa shape index (κ1) is 14.9. The van der Waals surface area contributed by atoms with E-state index in [0.717, 1.165) is 47.5 Å². The van der Waals surface area contributed by atoms with E-state index in [0.29, 0.717) is 5.56 Å². The normalized spacial score (nSPS) is 18.5. The lowest BCUT2D eigenvalue weighted by Gasteiger charge is -2.26. The van der Waals surface area contributed by atoms with Gasteiger partial charge in [-0.05, 0) is 62.1 Å². The molecule has 0 saturated heterocycles. The molecule has 0 bridgehead atoms. The second-order valence-corrected chi connectivity index (χ2v) is 6.71. The highest BCUT2D eigenvalue weighted by Gasteiger charge is 2.37. The lowest BCUT2D eigenvalue weighted by Crippen LogP contribution is -2.32. The van der Waals surface area contributed by atoms with Gasteiger partial charge in [-0.1, -0.05) is 17.7 Å². The molecule has 0 saturated carbocycles. The minimum atomic E-state index is -0.131. The molecule has 4 nitrogen and oxygen atoms in total. The number of nitrogens with one attached hydrogen (secondary N) is 1. The fraction of sp³-hybridized carbons (Fsp3) is 0.300. The Morgan fingerprint density at radius 3 is 2.71 bits per heavy atom. The van der Waals surface area contributed by atoms with Crippen molar-refractivity contribution >= 4 is 23.2 Å². The molecular formula is C20H20N2O2. The number of rotatable bonds is 2. The summed E-state index contributed by atoms with van der Waals surface area (Å²) in [4.78, 5) is 26.8. The Kier molecular flexibility index (Phi) is 3.41. The van der Waals surface area contributed by atoms with Crippen molar-refractivity contribution < 1.29 is 9.59 Å². The smallest absolute Gasteiger partial charge is 0.255 e. The Labute approximate surface area is 141 Å².